The van der Waals surface area contributed by atoms with Crippen LogP contribution in [0.15, 0.2) is 131 Å². The summed E-state index contributed by atoms with van der Waals surface area (Å²) in [5.74, 6) is -0.966. The number of benzene rings is 4. The van der Waals surface area contributed by atoms with Crippen molar-refractivity contribution in [3.8, 4) is 0 Å². The minimum absolute atomic E-state index is 0.0368. The van der Waals surface area contributed by atoms with E-state index in [1.165, 1.54) is 12.2 Å². The summed E-state index contributed by atoms with van der Waals surface area (Å²) in [5.41, 5.74) is 0.528. The SMILES string of the molecule is COC(=O)[C@H](CCCCNC(=O)OCc1ccccc1)N([C@H]1C=C[C@@H](O)[C@@H](N(Cc2ccccc2)S(=O)(=O)c2ccc([N+](=O)[O-])cc2)C1)S(=O)(=O)c1ccc([N+](=O)[O-])cc1. The second kappa shape index (κ2) is 20.3. The van der Waals surface area contributed by atoms with E-state index in [0.717, 1.165) is 69.8 Å². The van der Waals surface area contributed by atoms with Gasteiger partial charge in [-0.25, -0.2) is 21.6 Å². The number of nitro benzene ring substituents is 2. The molecule has 0 saturated carbocycles. The molecule has 1 aliphatic carbocycles. The van der Waals surface area contributed by atoms with E-state index in [0.29, 0.717) is 5.56 Å². The lowest BCUT2D eigenvalue weighted by Crippen LogP contribution is -2.56. The number of amides is 1. The van der Waals surface area contributed by atoms with Gasteiger partial charge in [-0.3, -0.25) is 25.0 Å². The van der Waals surface area contributed by atoms with Crippen molar-refractivity contribution in [1.82, 2.24) is 13.9 Å². The van der Waals surface area contributed by atoms with Crippen molar-refractivity contribution in [2.45, 2.75) is 72.9 Å². The number of aliphatic hydroxyl groups is 1. The number of ether oxygens (including phenoxy) is 2. The first-order valence-corrected chi connectivity index (χ1v) is 21.5. The Kier molecular flexibility index (Phi) is 15.2. The van der Waals surface area contributed by atoms with Crippen LogP contribution >= 0.6 is 0 Å². The first-order valence-electron chi connectivity index (χ1n) is 18.6. The van der Waals surface area contributed by atoms with Crippen LogP contribution in [0, 0.1) is 20.2 Å². The maximum atomic E-state index is 14.7. The summed E-state index contributed by atoms with van der Waals surface area (Å²) in [7, 11) is -8.25. The molecule has 318 valence electrons. The third-order valence-electron chi connectivity index (χ3n) is 9.73. The molecule has 4 aromatic rings. The molecule has 1 aliphatic rings. The topological polar surface area (TPSA) is 246 Å². The van der Waals surface area contributed by atoms with Crippen molar-refractivity contribution >= 4 is 43.5 Å². The predicted octanol–water partition coefficient (Wildman–Crippen LogP) is 5.08. The number of carbonyl (C=O) groups excluding carboxylic acids is 2. The average molecular weight is 866 g/mol. The van der Waals surface area contributed by atoms with Crippen molar-refractivity contribution in [3.63, 3.8) is 0 Å². The van der Waals surface area contributed by atoms with Crippen LogP contribution in [0.1, 0.15) is 36.8 Å². The van der Waals surface area contributed by atoms with Crippen LogP contribution in [-0.4, -0.2) is 90.3 Å². The summed E-state index contributed by atoms with van der Waals surface area (Å²) in [6.07, 6.45) is 0.264. The zero-order valence-electron chi connectivity index (χ0n) is 32.3. The average Bonchev–Trinajstić information content (AvgIpc) is 3.25. The van der Waals surface area contributed by atoms with Crippen LogP contribution in [0.4, 0.5) is 16.2 Å². The van der Waals surface area contributed by atoms with Crippen molar-refractivity contribution < 1.29 is 50.9 Å². The molecule has 0 aliphatic heterocycles. The monoisotopic (exact) mass is 865 g/mol. The first-order chi connectivity index (χ1) is 28.6. The molecule has 60 heavy (non-hydrogen) atoms. The first kappa shape index (κ1) is 45.0. The van der Waals surface area contributed by atoms with Crippen LogP contribution in [0.25, 0.3) is 0 Å². The summed E-state index contributed by atoms with van der Waals surface area (Å²) in [5, 5.41) is 36.8. The molecule has 1 amide bonds. The number of esters is 1. The minimum Gasteiger partial charge on any atom is -0.468 e. The number of aliphatic hydroxyl groups excluding tert-OH is 1. The number of alkyl carbamates (subject to hydrolysis) is 1. The molecule has 5 rings (SSSR count). The Hall–Kier alpha value is -6.06. The quantitative estimate of drug-likeness (QED) is 0.0411. The molecule has 0 radical (unpaired) electrons. The summed E-state index contributed by atoms with van der Waals surface area (Å²) in [6.45, 7) is -0.170. The minimum atomic E-state index is -4.76. The van der Waals surface area contributed by atoms with Gasteiger partial charge in [0, 0.05) is 43.4 Å². The number of non-ortho nitro benzene ring substituents is 2. The van der Waals surface area contributed by atoms with Crippen LogP contribution < -0.4 is 5.32 Å². The third-order valence-corrected chi connectivity index (χ3v) is 13.6. The van der Waals surface area contributed by atoms with E-state index in [1.807, 2.05) is 6.07 Å². The van der Waals surface area contributed by atoms with Gasteiger partial charge in [0.05, 0.1) is 38.9 Å². The van der Waals surface area contributed by atoms with E-state index < -0.39 is 83.2 Å². The molecular formula is C40H43N5O13S2. The number of rotatable bonds is 19. The van der Waals surface area contributed by atoms with Crippen LogP contribution in [0.5, 0.6) is 0 Å². The van der Waals surface area contributed by atoms with Gasteiger partial charge in [0.25, 0.3) is 11.4 Å². The van der Waals surface area contributed by atoms with E-state index in [1.54, 1.807) is 54.6 Å². The van der Waals surface area contributed by atoms with Gasteiger partial charge in [-0.2, -0.15) is 8.61 Å². The second-order valence-corrected chi connectivity index (χ2v) is 17.4. The predicted molar refractivity (Wildman–Crippen MR) is 216 cm³/mol. The molecule has 0 bridgehead atoms. The van der Waals surface area contributed by atoms with Crippen LogP contribution in [0.2, 0.25) is 0 Å². The Balaban J connectivity index is 1.47. The largest absolute Gasteiger partial charge is 0.468 e. The highest BCUT2D eigenvalue weighted by Crippen LogP contribution is 2.34. The number of sulfonamides is 2. The van der Waals surface area contributed by atoms with Crippen molar-refractivity contribution in [1.29, 1.82) is 0 Å². The summed E-state index contributed by atoms with van der Waals surface area (Å²) < 4.78 is 70.4. The normalized spacial score (nSPS) is 17.2. The number of nitro groups is 2. The molecule has 18 nitrogen and oxygen atoms in total. The number of methoxy groups -OCH3 is 1. The van der Waals surface area contributed by atoms with E-state index in [4.69, 9.17) is 9.47 Å². The summed E-state index contributed by atoms with van der Waals surface area (Å²) in [4.78, 5) is 46.6. The lowest BCUT2D eigenvalue weighted by Gasteiger charge is -2.42. The highest BCUT2D eigenvalue weighted by atomic mass is 32.2. The van der Waals surface area contributed by atoms with E-state index >= 15 is 0 Å². The molecule has 20 heteroatoms. The number of hydrogen-bond donors (Lipinski definition) is 2. The van der Waals surface area contributed by atoms with Gasteiger partial charge >= 0.3 is 12.1 Å². The fourth-order valence-corrected chi connectivity index (χ4v) is 10.1. The number of nitrogens with zero attached hydrogens (tertiary/aromatic N) is 4. The molecule has 0 unspecified atom stereocenters. The lowest BCUT2D eigenvalue weighted by molar-refractivity contribution is -0.385. The van der Waals surface area contributed by atoms with Gasteiger partial charge < -0.3 is 19.9 Å². The fourth-order valence-electron chi connectivity index (χ4n) is 6.68. The van der Waals surface area contributed by atoms with Gasteiger partial charge in [-0.1, -0.05) is 72.8 Å². The Labute approximate surface area is 346 Å². The molecule has 0 aromatic heterocycles. The summed E-state index contributed by atoms with van der Waals surface area (Å²) >= 11 is 0. The smallest absolute Gasteiger partial charge is 0.407 e. The van der Waals surface area contributed by atoms with Gasteiger partial charge in [0.1, 0.15) is 12.6 Å². The number of nitrogens with one attached hydrogen (secondary N) is 1. The van der Waals surface area contributed by atoms with Crippen molar-refractivity contribution in [2.75, 3.05) is 13.7 Å². The van der Waals surface area contributed by atoms with E-state index in [2.05, 4.69) is 5.32 Å². The van der Waals surface area contributed by atoms with Gasteiger partial charge in [-0.05, 0) is 61.1 Å². The van der Waals surface area contributed by atoms with Gasteiger partial charge in [-0.15, -0.1) is 0 Å². The second-order valence-electron chi connectivity index (χ2n) is 13.6. The molecule has 4 atom stereocenters. The van der Waals surface area contributed by atoms with Crippen LogP contribution in [-0.2, 0) is 47.5 Å². The zero-order chi connectivity index (χ0) is 43.5. The van der Waals surface area contributed by atoms with Crippen LogP contribution in [0.3, 0.4) is 0 Å². The summed E-state index contributed by atoms with van der Waals surface area (Å²) in [6, 6.07) is 21.3. The van der Waals surface area contributed by atoms with E-state index in [-0.39, 0.29) is 49.5 Å². The van der Waals surface area contributed by atoms with E-state index in [9.17, 15) is 51.8 Å². The highest BCUT2D eigenvalue weighted by molar-refractivity contribution is 7.89. The maximum absolute atomic E-state index is 14.7. The Bertz CT molecular complexity index is 2370. The van der Waals surface area contributed by atoms with Gasteiger partial charge in [0.15, 0.2) is 0 Å². The fraction of sp³-hybridized carbons (Fsp3) is 0.300. The molecule has 0 saturated heterocycles. The maximum Gasteiger partial charge on any atom is 0.407 e. The molecule has 4 aromatic carbocycles. The molecule has 0 heterocycles. The highest BCUT2D eigenvalue weighted by Gasteiger charge is 2.46. The lowest BCUT2D eigenvalue weighted by atomic mass is 9.93. The number of hydrogen-bond acceptors (Lipinski definition) is 13. The molecular weight excluding hydrogens is 823 g/mol. The van der Waals surface area contributed by atoms with Crippen molar-refractivity contribution in [2.24, 2.45) is 0 Å². The third kappa shape index (κ3) is 11.2. The molecule has 0 fully saturated rings. The Morgan fingerprint density at radius 1 is 0.783 bits per heavy atom. The standard InChI is InChI=1S/C40H43N5O13S2/c1-57-39(47)36(14-8-9-25-41-40(48)58-28-30-12-6-3-7-13-30)43(60(55,56)35-22-17-32(18-23-35)45(51)52)33-19-24-38(46)37(26-33)42(27-29-10-4-2-5-11-29)59(53,54)34-20-15-31(16-21-34)44(49)50/h2-7,10-13,15-24,33,36-38,46H,8-9,14,25-28H2,1H3,(H,41,48)/t33-,36-,37-,38+/m0/s1. The Morgan fingerprint density at radius 3 is 1.85 bits per heavy atom. The molecule has 0 spiro atoms. The Morgan fingerprint density at radius 2 is 1.32 bits per heavy atom. The zero-order valence-corrected chi connectivity index (χ0v) is 33.9. The molecule has 2 N–H and O–H groups in total. The van der Waals surface area contributed by atoms with Crippen molar-refractivity contribution in [3.05, 3.63) is 153 Å². The van der Waals surface area contributed by atoms with Gasteiger partial charge in [0.2, 0.25) is 20.0 Å². The number of carbonyl (C=O) groups is 2. The number of unbranched alkanes of at least 4 members (excludes halogenated alkanes) is 1.